The van der Waals surface area contributed by atoms with Crippen molar-refractivity contribution in [1.29, 1.82) is 0 Å². The minimum Gasteiger partial charge on any atom is -0.460 e. The van der Waals surface area contributed by atoms with Gasteiger partial charge in [0.1, 0.15) is 12.7 Å². The van der Waals surface area contributed by atoms with Crippen LogP contribution in [0, 0.1) is 0 Å². The zero-order valence-corrected chi connectivity index (χ0v) is 11.8. The van der Waals surface area contributed by atoms with Crippen LogP contribution in [0.1, 0.15) is 18.5 Å². The first kappa shape index (κ1) is 15.2. The topological polar surface area (TPSA) is 84.8 Å². The Morgan fingerprint density at radius 1 is 1.52 bits per heavy atom. The Morgan fingerprint density at radius 3 is 2.95 bits per heavy atom. The lowest BCUT2D eigenvalue weighted by molar-refractivity contribution is 0.0693. The molecule has 1 amide bonds. The van der Waals surface area contributed by atoms with E-state index in [-0.39, 0.29) is 31.4 Å². The fourth-order valence-electron chi connectivity index (χ4n) is 2.05. The summed E-state index contributed by atoms with van der Waals surface area (Å²) in [5.41, 5.74) is 0.519. The van der Waals surface area contributed by atoms with Gasteiger partial charge in [-0.3, -0.25) is 0 Å². The van der Waals surface area contributed by atoms with Gasteiger partial charge in [-0.15, -0.1) is 0 Å². The number of piperidine rings is 1. The normalized spacial score (nSPS) is 15.6. The molecule has 2 rings (SSSR count). The van der Waals surface area contributed by atoms with Gasteiger partial charge in [-0.05, 0) is 6.07 Å². The molecule has 0 radical (unpaired) electrons. The molecule has 7 nitrogen and oxygen atoms in total. The summed E-state index contributed by atoms with van der Waals surface area (Å²) in [4.78, 5) is 21.4. The van der Waals surface area contributed by atoms with Crippen LogP contribution in [0.15, 0.2) is 24.9 Å². The molecule has 0 aromatic carbocycles. The van der Waals surface area contributed by atoms with Crippen molar-refractivity contribution < 1.29 is 19.4 Å². The van der Waals surface area contributed by atoms with Gasteiger partial charge in [-0.1, -0.05) is 12.7 Å². The molecule has 1 aliphatic heterocycles. The Morgan fingerprint density at radius 2 is 2.29 bits per heavy atom. The first-order valence-electron chi connectivity index (χ1n) is 6.85. The predicted octanol–water partition coefficient (Wildman–Crippen LogP) is 1.13. The van der Waals surface area contributed by atoms with Crippen LogP contribution < -0.4 is 4.74 Å². The van der Waals surface area contributed by atoms with Crippen LogP contribution in [0.3, 0.4) is 0 Å². The Kier molecular flexibility index (Phi) is 5.51. The van der Waals surface area contributed by atoms with E-state index in [4.69, 9.17) is 14.6 Å². The molecule has 0 aliphatic carbocycles. The van der Waals surface area contributed by atoms with Gasteiger partial charge in [0.25, 0.3) is 0 Å². The van der Waals surface area contributed by atoms with Crippen molar-refractivity contribution in [2.75, 3.05) is 19.7 Å². The summed E-state index contributed by atoms with van der Waals surface area (Å²) in [5.74, 6) is 0. The number of carbonyl (C=O) groups is 1. The van der Waals surface area contributed by atoms with Gasteiger partial charge in [-0.25, -0.2) is 9.78 Å². The largest absolute Gasteiger partial charge is 0.460 e. The summed E-state index contributed by atoms with van der Waals surface area (Å²) in [7, 11) is 0. The van der Waals surface area contributed by atoms with Crippen molar-refractivity contribution in [3.05, 3.63) is 30.6 Å². The van der Waals surface area contributed by atoms with E-state index in [0.29, 0.717) is 31.6 Å². The number of hydrogen-bond donors (Lipinski definition) is 1. The lowest BCUT2D eigenvalue weighted by atomic mass is 10.1. The van der Waals surface area contributed by atoms with Crippen molar-refractivity contribution in [2.45, 2.75) is 25.6 Å². The molecule has 7 heteroatoms. The minimum atomic E-state index is -0.327. The zero-order chi connectivity index (χ0) is 15.1. The molecule has 1 fully saturated rings. The van der Waals surface area contributed by atoms with Crippen LogP contribution >= 0.6 is 0 Å². The van der Waals surface area contributed by atoms with Crippen molar-refractivity contribution in [2.24, 2.45) is 0 Å². The highest BCUT2D eigenvalue weighted by atomic mass is 16.6. The second-order valence-corrected chi connectivity index (χ2v) is 4.66. The van der Waals surface area contributed by atoms with Crippen molar-refractivity contribution >= 4 is 6.09 Å². The fraction of sp³-hybridized carbons (Fsp3) is 0.500. The third kappa shape index (κ3) is 4.42. The number of hydrogen-bond acceptors (Lipinski definition) is 6. The summed E-state index contributed by atoms with van der Waals surface area (Å²) in [6, 6.07) is 1.89. The van der Waals surface area contributed by atoms with Gasteiger partial charge in [0.05, 0.1) is 12.3 Å². The third-order valence-electron chi connectivity index (χ3n) is 3.15. The van der Waals surface area contributed by atoms with Crippen molar-refractivity contribution in [3.8, 4) is 6.01 Å². The molecule has 0 spiro atoms. The average molecular weight is 293 g/mol. The van der Waals surface area contributed by atoms with E-state index in [9.17, 15) is 4.79 Å². The highest BCUT2D eigenvalue weighted by Gasteiger charge is 2.25. The number of rotatable bonds is 5. The van der Waals surface area contributed by atoms with Gasteiger partial charge in [0.2, 0.25) is 0 Å². The number of amides is 1. The van der Waals surface area contributed by atoms with E-state index < -0.39 is 0 Å². The standard InChI is InChI=1S/C14H19N3O4/c1-2-9-20-14(19)17-7-4-12(5-8-17)21-13-15-6-3-11(10-18)16-13/h2-3,6,12,18H,1,4-5,7-10H2. The van der Waals surface area contributed by atoms with Crippen LogP contribution in [0.25, 0.3) is 0 Å². The lowest BCUT2D eigenvalue weighted by Crippen LogP contribution is -2.42. The van der Waals surface area contributed by atoms with Crippen LogP contribution in [0.5, 0.6) is 6.01 Å². The molecule has 1 N–H and O–H groups in total. The lowest BCUT2D eigenvalue weighted by Gasteiger charge is -2.30. The number of aromatic nitrogens is 2. The van der Waals surface area contributed by atoms with Gasteiger partial charge in [0.15, 0.2) is 0 Å². The van der Waals surface area contributed by atoms with Gasteiger partial charge in [-0.2, -0.15) is 4.98 Å². The molecule has 0 atom stereocenters. The second-order valence-electron chi connectivity index (χ2n) is 4.66. The Labute approximate surface area is 123 Å². The molecule has 2 heterocycles. The first-order valence-corrected chi connectivity index (χ1v) is 6.85. The minimum absolute atomic E-state index is 0.0394. The second kappa shape index (κ2) is 7.58. The molecular formula is C14H19N3O4. The maximum atomic E-state index is 11.7. The Hall–Kier alpha value is -2.15. The van der Waals surface area contributed by atoms with Crippen LogP contribution in [0.2, 0.25) is 0 Å². The molecular weight excluding hydrogens is 274 g/mol. The maximum absolute atomic E-state index is 11.7. The summed E-state index contributed by atoms with van der Waals surface area (Å²) in [5, 5.41) is 9.02. The third-order valence-corrected chi connectivity index (χ3v) is 3.15. The molecule has 0 unspecified atom stereocenters. The van der Waals surface area contributed by atoms with E-state index in [1.165, 1.54) is 0 Å². The molecule has 1 saturated heterocycles. The Bertz CT molecular complexity index is 487. The molecule has 114 valence electrons. The highest BCUT2D eigenvalue weighted by Crippen LogP contribution is 2.16. The van der Waals surface area contributed by atoms with E-state index in [1.807, 2.05) is 0 Å². The van der Waals surface area contributed by atoms with Gasteiger partial charge < -0.3 is 19.5 Å². The monoisotopic (exact) mass is 293 g/mol. The number of likely N-dealkylation sites (tertiary alicyclic amines) is 1. The molecule has 0 saturated carbocycles. The summed E-state index contributed by atoms with van der Waals surface area (Å²) in [6.07, 6.45) is 4.11. The van der Waals surface area contributed by atoms with Crippen LogP contribution in [0.4, 0.5) is 4.79 Å². The number of aliphatic hydroxyl groups is 1. The summed E-state index contributed by atoms with van der Waals surface area (Å²) in [6.45, 7) is 4.72. The van der Waals surface area contributed by atoms with Crippen molar-refractivity contribution in [1.82, 2.24) is 14.9 Å². The first-order chi connectivity index (χ1) is 10.2. The number of aliphatic hydroxyl groups excluding tert-OH is 1. The average Bonchev–Trinajstić information content (AvgIpc) is 2.53. The van der Waals surface area contributed by atoms with Crippen LogP contribution in [-0.2, 0) is 11.3 Å². The number of carbonyl (C=O) groups excluding carboxylic acids is 1. The SMILES string of the molecule is C=CCOC(=O)N1CCC(Oc2nccc(CO)n2)CC1. The van der Waals surface area contributed by atoms with Crippen LogP contribution in [-0.4, -0.2) is 51.9 Å². The summed E-state index contributed by atoms with van der Waals surface area (Å²) >= 11 is 0. The maximum Gasteiger partial charge on any atom is 0.410 e. The van der Waals surface area contributed by atoms with E-state index >= 15 is 0 Å². The fourth-order valence-corrected chi connectivity index (χ4v) is 2.05. The van der Waals surface area contributed by atoms with E-state index in [2.05, 4.69) is 16.5 Å². The smallest absolute Gasteiger partial charge is 0.410 e. The molecule has 0 bridgehead atoms. The van der Waals surface area contributed by atoms with E-state index in [0.717, 1.165) is 0 Å². The molecule has 1 aliphatic rings. The van der Waals surface area contributed by atoms with E-state index in [1.54, 1.807) is 23.2 Å². The quantitative estimate of drug-likeness (QED) is 0.819. The highest BCUT2D eigenvalue weighted by molar-refractivity contribution is 5.67. The number of ether oxygens (including phenoxy) is 2. The molecule has 21 heavy (non-hydrogen) atoms. The van der Waals surface area contributed by atoms with Gasteiger partial charge in [0, 0.05) is 32.1 Å². The molecule has 1 aromatic heterocycles. The van der Waals surface area contributed by atoms with Gasteiger partial charge >= 0.3 is 12.1 Å². The zero-order valence-electron chi connectivity index (χ0n) is 11.8. The van der Waals surface area contributed by atoms with Crippen molar-refractivity contribution in [3.63, 3.8) is 0 Å². The summed E-state index contributed by atoms with van der Waals surface area (Å²) < 4.78 is 10.7. The Balaban J connectivity index is 1.81. The number of nitrogens with zero attached hydrogens (tertiary/aromatic N) is 3. The predicted molar refractivity (Wildman–Crippen MR) is 74.7 cm³/mol. The molecule has 1 aromatic rings.